The minimum absolute atomic E-state index is 0.106. The number of aryl methyl sites for hydroxylation is 1. The summed E-state index contributed by atoms with van der Waals surface area (Å²) in [5.74, 6) is 0.318. The van der Waals surface area contributed by atoms with Gasteiger partial charge in [-0.3, -0.25) is 0 Å². The van der Waals surface area contributed by atoms with Crippen molar-refractivity contribution in [1.82, 2.24) is 20.2 Å². The third kappa shape index (κ3) is 4.00. The summed E-state index contributed by atoms with van der Waals surface area (Å²) < 4.78 is 25.4. The Bertz CT molecular complexity index is 940. The van der Waals surface area contributed by atoms with Crippen molar-refractivity contribution < 1.29 is 8.42 Å². The summed E-state index contributed by atoms with van der Waals surface area (Å²) >= 11 is 9.12. The van der Waals surface area contributed by atoms with E-state index >= 15 is 0 Å². The molecule has 0 saturated carbocycles. The maximum Gasteiger partial charge on any atom is 0.204 e. The van der Waals surface area contributed by atoms with E-state index < -0.39 is 9.84 Å². The molecule has 0 saturated heterocycles. The predicted molar refractivity (Wildman–Crippen MR) is 94.5 cm³/mol. The molecular weight excluding hydrogens is 416 g/mol. The van der Waals surface area contributed by atoms with Gasteiger partial charge in [0.2, 0.25) is 5.82 Å². The van der Waals surface area contributed by atoms with Crippen LogP contribution >= 0.6 is 27.5 Å². The molecule has 24 heavy (non-hydrogen) atoms. The Hall–Kier alpha value is -1.77. The standard InChI is InChI=1S/C15H12BrClN4O2S/c16-12-3-7-14(8-4-12)24(22,23)10-9-21-19-15(18-20-21)11-1-5-13(17)6-2-11/h1-8H,9-10H2. The van der Waals surface area contributed by atoms with E-state index in [0.717, 1.165) is 10.0 Å². The summed E-state index contributed by atoms with van der Waals surface area (Å²) in [6.07, 6.45) is 0. The second kappa shape index (κ2) is 7.00. The summed E-state index contributed by atoms with van der Waals surface area (Å²) in [6, 6.07) is 13.5. The number of aromatic nitrogens is 4. The number of hydrogen-bond acceptors (Lipinski definition) is 5. The molecule has 0 aliphatic carbocycles. The van der Waals surface area contributed by atoms with E-state index in [1.165, 1.54) is 4.80 Å². The second-order valence-corrected chi connectivity index (χ2v) is 8.45. The van der Waals surface area contributed by atoms with Crippen molar-refractivity contribution in [3.05, 3.63) is 58.0 Å². The molecule has 0 atom stereocenters. The lowest BCUT2D eigenvalue weighted by atomic mass is 10.2. The van der Waals surface area contributed by atoms with E-state index in [4.69, 9.17) is 11.6 Å². The van der Waals surface area contributed by atoms with Crippen molar-refractivity contribution >= 4 is 37.4 Å². The van der Waals surface area contributed by atoms with Gasteiger partial charge in [0.25, 0.3) is 0 Å². The molecule has 0 bridgehead atoms. The maximum atomic E-state index is 12.3. The highest BCUT2D eigenvalue weighted by Gasteiger charge is 2.15. The van der Waals surface area contributed by atoms with Gasteiger partial charge in [0.1, 0.15) is 0 Å². The first-order valence-electron chi connectivity index (χ1n) is 6.96. The summed E-state index contributed by atoms with van der Waals surface area (Å²) in [7, 11) is -3.40. The molecule has 1 aromatic heterocycles. The van der Waals surface area contributed by atoms with Crippen LogP contribution in [-0.2, 0) is 16.4 Å². The zero-order chi connectivity index (χ0) is 17.2. The van der Waals surface area contributed by atoms with Crippen LogP contribution < -0.4 is 0 Å². The predicted octanol–water partition coefficient (Wildman–Crippen LogP) is 3.23. The Morgan fingerprint density at radius 3 is 2.38 bits per heavy atom. The van der Waals surface area contributed by atoms with Gasteiger partial charge in [0.05, 0.1) is 17.2 Å². The van der Waals surface area contributed by atoms with Gasteiger partial charge in [-0.1, -0.05) is 27.5 Å². The SMILES string of the molecule is O=S(=O)(CCn1nnc(-c2ccc(Cl)cc2)n1)c1ccc(Br)cc1. The number of benzene rings is 2. The molecule has 0 fully saturated rings. The van der Waals surface area contributed by atoms with Crippen LogP contribution in [0.4, 0.5) is 0 Å². The molecule has 1 heterocycles. The molecule has 0 unspecified atom stereocenters. The first-order valence-corrected chi connectivity index (χ1v) is 9.78. The van der Waals surface area contributed by atoms with Gasteiger partial charge < -0.3 is 0 Å². The van der Waals surface area contributed by atoms with Crippen molar-refractivity contribution in [2.24, 2.45) is 0 Å². The minimum Gasteiger partial charge on any atom is -0.224 e. The van der Waals surface area contributed by atoms with Crippen LogP contribution in [0.15, 0.2) is 57.9 Å². The quantitative estimate of drug-likeness (QED) is 0.625. The molecule has 6 nitrogen and oxygen atoms in total. The van der Waals surface area contributed by atoms with Crippen LogP contribution in [-0.4, -0.2) is 34.4 Å². The smallest absolute Gasteiger partial charge is 0.204 e. The van der Waals surface area contributed by atoms with Crippen LogP contribution in [0.1, 0.15) is 0 Å². The third-order valence-corrected chi connectivity index (χ3v) is 5.78. The molecule has 9 heteroatoms. The third-order valence-electron chi connectivity index (χ3n) is 3.29. The summed E-state index contributed by atoms with van der Waals surface area (Å²) in [5, 5.41) is 12.7. The molecule has 0 aliphatic heterocycles. The Labute approximate surface area is 152 Å². The molecule has 124 valence electrons. The average Bonchev–Trinajstić information content (AvgIpc) is 3.03. The highest BCUT2D eigenvalue weighted by molar-refractivity contribution is 9.10. The molecule has 0 N–H and O–H groups in total. The number of halogens is 2. The topological polar surface area (TPSA) is 77.7 Å². The van der Waals surface area contributed by atoms with Gasteiger partial charge in [-0.2, -0.15) is 4.80 Å². The van der Waals surface area contributed by atoms with Crippen LogP contribution in [0, 0.1) is 0 Å². The summed E-state index contributed by atoms with van der Waals surface area (Å²) in [4.78, 5) is 1.55. The number of hydrogen-bond donors (Lipinski definition) is 0. The van der Waals surface area contributed by atoms with Gasteiger partial charge in [0.15, 0.2) is 9.84 Å². The molecular formula is C15H12BrClN4O2S. The van der Waals surface area contributed by atoms with E-state index in [1.807, 2.05) is 0 Å². The Morgan fingerprint density at radius 1 is 1.04 bits per heavy atom. The van der Waals surface area contributed by atoms with E-state index in [2.05, 4.69) is 31.3 Å². The van der Waals surface area contributed by atoms with Crippen molar-refractivity contribution in [3.8, 4) is 11.4 Å². The molecule has 2 aromatic carbocycles. The van der Waals surface area contributed by atoms with Gasteiger partial charge in [0, 0.05) is 15.1 Å². The fraction of sp³-hybridized carbons (Fsp3) is 0.133. The van der Waals surface area contributed by atoms with Crippen LogP contribution in [0.25, 0.3) is 11.4 Å². The maximum absolute atomic E-state index is 12.3. The Kier molecular flexibility index (Phi) is 4.98. The molecule has 0 amide bonds. The van der Waals surface area contributed by atoms with Crippen molar-refractivity contribution in [1.29, 1.82) is 0 Å². The summed E-state index contributed by atoms with van der Waals surface area (Å²) in [6.45, 7) is 0.124. The van der Waals surface area contributed by atoms with Crippen molar-refractivity contribution in [3.63, 3.8) is 0 Å². The van der Waals surface area contributed by atoms with E-state index in [9.17, 15) is 8.42 Å². The zero-order valence-corrected chi connectivity index (χ0v) is 15.5. The summed E-state index contributed by atoms with van der Waals surface area (Å²) in [5.41, 5.74) is 0.765. The lowest BCUT2D eigenvalue weighted by molar-refractivity contribution is 0.538. The van der Waals surface area contributed by atoms with E-state index in [-0.39, 0.29) is 17.2 Å². The van der Waals surface area contributed by atoms with E-state index in [0.29, 0.717) is 10.8 Å². The fourth-order valence-corrected chi connectivity index (χ4v) is 3.59. The first kappa shape index (κ1) is 17.1. The Morgan fingerprint density at radius 2 is 1.71 bits per heavy atom. The monoisotopic (exact) mass is 426 g/mol. The van der Waals surface area contributed by atoms with Gasteiger partial charge in [-0.15, -0.1) is 10.2 Å². The lowest BCUT2D eigenvalue weighted by Gasteiger charge is -2.03. The Balaban J connectivity index is 1.71. The normalized spacial score (nSPS) is 11.6. The molecule has 0 spiro atoms. The number of sulfone groups is 1. The second-order valence-electron chi connectivity index (χ2n) is 4.99. The highest BCUT2D eigenvalue weighted by Crippen LogP contribution is 2.18. The van der Waals surface area contributed by atoms with Crippen molar-refractivity contribution in [2.75, 3.05) is 5.75 Å². The van der Waals surface area contributed by atoms with E-state index in [1.54, 1.807) is 48.5 Å². The first-order chi connectivity index (χ1) is 11.4. The van der Waals surface area contributed by atoms with Crippen LogP contribution in [0.3, 0.4) is 0 Å². The number of rotatable bonds is 5. The van der Waals surface area contributed by atoms with Crippen LogP contribution in [0.5, 0.6) is 0 Å². The fourth-order valence-electron chi connectivity index (χ4n) is 2.01. The molecule has 3 rings (SSSR count). The van der Waals surface area contributed by atoms with Crippen molar-refractivity contribution in [2.45, 2.75) is 11.4 Å². The molecule has 0 radical (unpaired) electrons. The van der Waals surface area contributed by atoms with Gasteiger partial charge >= 0.3 is 0 Å². The molecule has 3 aromatic rings. The average molecular weight is 428 g/mol. The minimum atomic E-state index is -3.40. The van der Waals surface area contributed by atoms with Gasteiger partial charge in [-0.25, -0.2) is 8.42 Å². The van der Waals surface area contributed by atoms with Crippen LogP contribution in [0.2, 0.25) is 5.02 Å². The highest BCUT2D eigenvalue weighted by atomic mass is 79.9. The van der Waals surface area contributed by atoms with Gasteiger partial charge in [-0.05, 0) is 53.7 Å². The zero-order valence-electron chi connectivity index (χ0n) is 12.3. The largest absolute Gasteiger partial charge is 0.224 e. The number of nitrogens with zero attached hydrogens (tertiary/aromatic N) is 4. The number of tetrazole rings is 1. The lowest BCUT2D eigenvalue weighted by Crippen LogP contribution is -2.15. The molecule has 0 aliphatic rings.